The van der Waals surface area contributed by atoms with Crippen LogP contribution >= 0.6 is 0 Å². The number of esters is 1. The van der Waals surface area contributed by atoms with Gasteiger partial charge in [-0.1, -0.05) is 18.2 Å². The molecule has 2 amide bonds. The maximum absolute atomic E-state index is 12.7. The Morgan fingerprint density at radius 2 is 1.91 bits per heavy atom. The highest BCUT2D eigenvalue weighted by molar-refractivity contribution is 6.05. The van der Waals surface area contributed by atoms with Crippen LogP contribution in [0.5, 0.6) is 0 Å². The van der Waals surface area contributed by atoms with Gasteiger partial charge >= 0.3 is 5.97 Å². The number of ether oxygens (including phenoxy) is 1. The Balaban J connectivity index is 2.34. The van der Waals surface area contributed by atoms with Crippen molar-refractivity contribution in [2.24, 2.45) is 0 Å². The number of nitrogens with one attached hydrogen (secondary N) is 1. The topological polar surface area (TPSA) is 75.7 Å². The van der Waals surface area contributed by atoms with Crippen molar-refractivity contribution in [1.82, 2.24) is 10.2 Å². The molecule has 0 aromatic heterocycles. The van der Waals surface area contributed by atoms with Gasteiger partial charge < -0.3 is 15.0 Å². The first-order chi connectivity index (χ1) is 10.7. The van der Waals surface area contributed by atoms with Crippen molar-refractivity contribution in [3.63, 3.8) is 0 Å². The first-order valence-corrected chi connectivity index (χ1v) is 7.62. The van der Waals surface area contributed by atoms with Crippen molar-refractivity contribution in [2.45, 2.75) is 39.3 Å². The van der Waals surface area contributed by atoms with E-state index in [1.807, 2.05) is 20.8 Å². The lowest BCUT2D eigenvalue weighted by Gasteiger charge is -2.28. The Bertz CT molecular complexity index is 634. The van der Waals surface area contributed by atoms with Crippen molar-refractivity contribution in [3.8, 4) is 0 Å². The number of hydrogen-bond acceptors (Lipinski definition) is 4. The fourth-order valence-electron chi connectivity index (χ4n) is 2.60. The van der Waals surface area contributed by atoms with Gasteiger partial charge in [0.2, 0.25) is 5.91 Å². The molecule has 0 saturated carbocycles. The lowest BCUT2D eigenvalue weighted by atomic mass is 10.0. The van der Waals surface area contributed by atoms with Crippen LogP contribution in [-0.2, 0) is 14.3 Å². The van der Waals surface area contributed by atoms with Crippen LogP contribution in [0.2, 0.25) is 0 Å². The average Bonchev–Trinajstić information content (AvgIpc) is 2.71. The van der Waals surface area contributed by atoms with E-state index in [-0.39, 0.29) is 25.0 Å². The average molecular weight is 318 g/mol. The van der Waals surface area contributed by atoms with Crippen molar-refractivity contribution in [1.29, 1.82) is 0 Å². The molecular formula is C17H22N2O4. The van der Waals surface area contributed by atoms with E-state index in [1.165, 1.54) is 4.90 Å². The van der Waals surface area contributed by atoms with Crippen LogP contribution in [0.25, 0.3) is 0 Å². The zero-order chi connectivity index (χ0) is 17.2. The molecule has 1 aliphatic heterocycles. The van der Waals surface area contributed by atoms with Crippen LogP contribution in [-0.4, -0.2) is 41.4 Å². The summed E-state index contributed by atoms with van der Waals surface area (Å²) in [6, 6.07) is 6.11. The van der Waals surface area contributed by atoms with Gasteiger partial charge in [0.1, 0.15) is 12.6 Å². The first kappa shape index (κ1) is 17.0. The molecule has 6 heteroatoms. The molecule has 6 nitrogen and oxygen atoms in total. The standard InChI is InChI=1S/C17H22N2O4/c1-5-23-13(20)10-19-14(15(21)18-17(2,3)4)11-8-6-7-9-12(11)16(19)22/h6-9,14H,5,10H2,1-4H3,(H,18,21). The monoisotopic (exact) mass is 318 g/mol. The second kappa shape index (κ2) is 6.40. The van der Waals surface area contributed by atoms with Crippen molar-refractivity contribution in [2.75, 3.05) is 13.2 Å². The number of benzene rings is 1. The van der Waals surface area contributed by atoms with Crippen LogP contribution in [0, 0.1) is 0 Å². The molecule has 124 valence electrons. The summed E-state index contributed by atoms with van der Waals surface area (Å²) in [4.78, 5) is 38.3. The Kier molecular flexibility index (Phi) is 4.73. The molecule has 0 saturated heterocycles. The number of hydrogen-bond donors (Lipinski definition) is 1. The predicted octanol–water partition coefficient (Wildman–Crippen LogP) is 1.66. The zero-order valence-electron chi connectivity index (χ0n) is 13.9. The highest BCUT2D eigenvalue weighted by Gasteiger charge is 2.42. The van der Waals surface area contributed by atoms with E-state index in [0.717, 1.165) is 0 Å². The minimum Gasteiger partial charge on any atom is -0.465 e. The molecule has 1 atom stereocenters. The predicted molar refractivity (Wildman–Crippen MR) is 84.7 cm³/mol. The van der Waals surface area contributed by atoms with Gasteiger partial charge in [-0.2, -0.15) is 0 Å². The van der Waals surface area contributed by atoms with E-state index in [0.29, 0.717) is 11.1 Å². The Morgan fingerprint density at radius 1 is 1.26 bits per heavy atom. The van der Waals surface area contributed by atoms with Crippen LogP contribution in [0.1, 0.15) is 49.7 Å². The minimum atomic E-state index is -0.817. The lowest BCUT2D eigenvalue weighted by Crippen LogP contribution is -2.48. The lowest BCUT2D eigenvalue weighted by molar-refractivity contribution is -0.144. The normalized spacial score (nSPS) is 17.0. The summed E-state index contributed by atoms with van der Waals surface area (Å²) in [6.45, 7) is 7.27. The van der Waals surface area contributed by atoms with Gasteiger partial charge in [0, 0.05) is 11.1 Å². The molecule has 0 spiro atoms. The van der Waals surface area contributed by atoms with Gasteiger partial charge in [-0.3, -0.25) is 14.4 Å². The highest BCUT2D eigenvalue weighted by atomic mass is 16.5. The molecule has 0 aliphatic carbocycles. The molecule has 1 aromatic rings. The van der Waals surface area contributed by atoms with Gasteiger partial charge in [-0.15, -0.1) is 0 Å². The van der Waals surface area contributed by atoms with E-state index in [9.17, 15) is 14.4 Å². The quantitative estimate of drug-likeness (QED) is 0.857. The number of carbonyl (C=O) groups excluding carboxylic acids is 3. The van der Waals surface area contributed by atoms with Crippen molar-refractivity contribution in [3.05, 3.63) is 35.4 Å². The SMILES string of the molecule is CCOC(=O)CN1C(=O)c2ccccc2C1C(=O)NC(C)(C)C. The minimum absolute atomic E-state index is 0.229. The van der Waals surface area contributed by atoms with Crippen LogP contribution in [0.4, 0.5) is 0 Å². The van der Waals surface area contributed by atoms with Crippen LogP contribution in [0.3, 0.4) is 0 Å². The van der Waals surface area contributed by atoms with Gasteiger partial charge in [-0.25, -0.2) is 0 Å². The maximum Gasteiger partial charge on any atom is 0.325 e. The molecule has 1 aromatic carbocycles. The third-order valence-electron chi connectivity index (χ3n) is 3.41. The van der Waals surface area contributed by atoms with E-state index in [1.54, 1.807) is 31.2 Å². The fraction of sp³-hybridized carbons (Fsp3) is 0.471. The van der Waals surface area contributed by atoms with Gasteiger partial charge in [0.25, 0.3) is 5.91 Å². The summed E-state index contributed by atoms with van der Waals surface area (Å²) in [7, 11) is 0. The smallest absolute Gasteiger partial charge is 0.325 e. The Labute approximate surface area is 135 Å². The van der Waals surface area contributed by atoms with Crippen molar-refractivity contribution >= 4 is 17.8 Å². The molecule has 0 radical (unpaired) electrons. The number of carbonyl (C=O) groups is 3. The Hall–Kier alpha value is -2.37. The van der Waals surface area contributed by atoms with Crippen molar-refractivity contribution < 1.29 is 19.1 Å². The summed E-state index contributed by atoms with van der Waals surface area (Å²) in [5.41, 5.74) is 0.627. The number of fused-ring (bicyclic) bond motifs is 1. The highest BCUT2D eigenvalue weighted by Crippen LogP contribution is 2.33. The summed E-state index contributed by atoms with van der Waals surface area (Å²) in [6.07, 6.45) is 0. The van der Waals surface area contributed by atoms with E-state index in [2.05, 4.69) is 5.32 Å². The fourth-order valence-corrected chi connectivity index (χ4v) is 2.60. The molecule has 2 rings (SSSR count). The third-order valence-corrected chi connectivity index (χ3v) is 3.41. The van der Waals surface area contributed by atoms with Gasteiger partial charge in [-0.05, 0) is 39.3 Å². The molecule has 1 aliphatic rings. The molecular weight excluding hydrogens is 296 g/mol. The van der Waals surface area contributed by atoms with Crippen LogP contribution < -0.4 is 5.32 Å². The summed E-state index contributed by atoms with van der Waals surface area (Å²) >= 11 is 0. The Morgan fingerprint density at radius 3 is 2.52 bits per heavy atom. The van der Waals surface area contributed by atoms with E-state index >= 15 is 0 Å². The molecule has 1 N–H and O–H groups in total. The summed E-state index contributed by atoms with van der Waals surface area (Å²) < 4.78 is 4.92. The van der Waals surface area contributed by atoms with E-state index in [4.69, 9.17) is 4.74 Å². The molecule has 0 bridgehead atoms. The first-order valence-electron chi connectivity index (χ1n) is 7.62. The maximum atomic E-state index is 12.7. The summed E-state index contributed by atoms with van der Waals surface area (Å²) in [5.74, 6) is -1.16. The van der Waals surface area contributed by atoms with Gasteiger partial charge in [0.05, 0.1) is 6.61 Å². The molecule has 0 fully saturated rings. The summed E-state index contributed by atoms with van der Waals surface area (Å²) in [5, 5.41) is 2.87. The molecule has 1 heterocycles. The number of amides is 2. The number of nitrogens with zero attached hydrogens (tertiary/aromatic N) is 1. The van der Waals surface area contributed by atoms with Gasteiger partial charge in [0.15, 0.2) is 0 Å². The zero-order valence-corrected chi connectivity index (χ0v) is 13.9. The molecule has 1 unspecified atom stereocenters. The van der Waals surface area contributed by atoms with Crippen LogP contribution in [0.15, 0.2) is 24.3 Å². The van der Waals surface area contributed by atoms with E-state index < -0.39 is 17.6 Å². The second-order valence-electron chi connectivity index (χ2n) is 6.47. The second-order valence-corrected chi connectivity index (χ2v) is 6.47. The largest absolute Gasteiger partial charge is 0.465 e. The third kappa shape index (κ3) is 3.70. The molecule has 23 heavy (non-hydrogen) atoms. The number of rotatable bonds is 4.